The van der Waals surface area contributed by atoms with Crippen molar-refractivity contribution >= 4 is 5.91 Å². The molecule has 3 N–H and O–H groups in total. The van der Waals surface area contributed by atoms with Crippen molar-refractivity contribution in [2.45, 2.75) is 50.7 Å². The molecule has 104 valence electrons. The van der Waals surface area contributed by atoms with Gasteiger partial charge in [-0.3, -0.25) is 4.79 Å². The third kappa shape index (κ3) is 3.96. The Labute approximate surface area is 113 Å². The Hall–Kier alpha value is -1.55. The second-order valence-corrected chi connectivity index (χ2v) is 5.15. The number of phenols is 1. The fourth-order valence-corrected chi connectivity index (χ4v) is 2.53. The van der Waals surface area contributed by atoms with Crippen LogP contribution in [-0.2, 0) is 11.2 Å². The SMILES string of the molecule is O=C(CCc1ccccc1O)N[C@H]1CCCC[C@@H]1O. The number of carbonyl (C=O) groups excluding carboxylic acids is 1. The second kappa shape index (κ2) is 6.57. The number of benzene rings is 1. The number of aromatic hydroxyl groups is 1. The van der Waals surface area contributed by atoms with Gasteiger partial charge in [0, 0.05) is 6.42 Å². The minimum absolute atomic E-state index is 0.0609. The lowest BCUT2D eigenvalue weighted by Crippen LogP contribution is -2.45. The molecule has 2 atom stereocenters. The Morgan fingerprint density at radius 2 is 2.00 bits per heavy atom. The van der Waals surface area contributed by atoms with Gasteiger partial charge in [0.15, 0.2) is 0 Å². The summed E-state index contributed by atoms with van der Waals surface area (Å²) in [6, 6.07) is 6.94. The normalized spacial score (nSPS) is 23.0. The quantitative estimate of drug-likeness (QED) is 0.775. The lowest BCUT2D eigenvalue weighted by molar-refractivity contribution is -0.123. The third-order valence-corrected chi connectivity index (χ3v) is 3.69. The molecular formula is C15H21NO3. The van der Waals surface area contributed by atoms with E-state index in [-0.39, 0.29) is 17.7 Å². The van der Waals surface area contributed by atoms with Crippen LogP contribution in [0.4, 0.5) is 0 Å². The van der Waals surface area contributed by atoms with Crippen molar-refractivity contribution in [1.29, 1.82) is 0 Å². The smallest absolute Gasteiger partial charge is 0.220 e. The van der Waals surface area contributed by atoms with Crippen LogP contribution in [0.3, 0.4) is 0 Å². The van der Waals surface area contributed by atoms with Gasteiger partial charge < -0.3 is 15.5 Å². The molecule has 1 aliphatic carbocycles. The van der Waals surface area contributed by atoms with E-state index in [9.17, 15) is 15.0 Å². The summed E-state index contributed by atoms with van der Waals surface area (Å²) >= 11 is 0. The van der Waals surface area contributed by atoms with Gasteiger partial charge in [0.05, 0.1) is 12.1 Å². The van der Waals surface area contributed by atoms with Crippen LogP contribution in [-0.4, -0.2) is 28.3 Å². The van der Waals surface area contributed by atoms with Crippen molar-refractivity contribution in [2.75, 3.05) is 0 Å². The topological polar surface area (TPSA) is 69.6 Å². The average Bonchev–Trinajstić information content (AvgIpc) is 2.40. The van der Waals surface area contributed by atoms with E-state index in [0.29, 0.717) is 12.8 Å². The van der Waals surface area contributed by atoms with Crippen molar-refractivity contribution < 1.29 is 15.0 Å². The van der Waals surface area contributed by atoms with E-state index >= 15 is 0 Å². The van der Waals surface area contributed by atoms with E-state index in [1.165, 1.54) is 0 Å². The summed E-state index contributed by atoms with van der Waals surface area (Å²) in [7, 11) is 0. The van der Waals surface area contributed by atoms with Gasteiger partial charge in [0.1, 0.15) is 5.75 Å². The Bertz CT molecular complexity index is 433. The molecule has 1 saturated carbocycles. The van der Waals surface area contributed by atoms with Gasteiger partial charge in [-0.15, -0.1) is 0 Å². The number of carbonyl (C=O) groups is 1. The Kier molecular flexibility index (Phi) is 4.80. The van der Waals surface area contributed by atoms with Gasteiger partial charge in [-0.05, 0) is 30.9 Å². The van der Waals surface area contributed by atoms with Gasteiger partial charge in [-0.1, -0.05) is 31.0 Å². The van der Waals surface area contributed by atoms with Crippen molar-refractivity contribution in [2.24, 2.45) is 0 Å². The highest BCUT2D eigenvalue weighted by molar-refractivity contribution is 5.76. The monoisotopic (exact) mass is 263 g/mol. The molecule has 1 aliphatic rings. The van der Waals surface area contributed by atoms with Gasteiger partial charge in [0.25, 0.3) is 0 Å². The first-order valence-corrected chi connectivity index (χ1v) is 6.91. The molecule has 1 aromatic rings. The summed E-state index contributed by atoms with van der Waals surface area (Å²) < 4.78 is 0. The summed E-state index contributed by atoms with van der Waals surface area (Å²) in [4.78, 5) is 11.8. The van der Waals surface area contributed by atoms with E-state index in [4.69, 9.17) is 0 Å². The lowest BCUT2D eigenvalue weighted by Gasteiger charge is -2.28. The van der Waals surface area contributed by atoms with E-state index in [0.717, 1.165) is 31.2 Å². The van der Waals surface area contributed by atoms with E-state index in [1.807, 2.05) is 12.1 Å². The number of aliphatic hydroxyl groups excluding tert-OH is 1. The molecule has 1 amide bonds. The van der Waals surface area contributed by atoms with Gasteiger partial charge in [-0.25, -0.2) is 0 Å². The first kappa shape index (κ1) is 13.9. The number of para-hydroxylation sites is 1. The van der Waals surface area contributed by atoms with Gasteiger partial charge >= 0.3 is 0 Å². The number of amides is 1. The fourth-order valence-electron chi connectivity index (χ4n) is 2.53. The zero-order valence-electron chi connectivity index (χ0n) is 11.0. The molecule has 4 heteroatoms. The summed E-state index contributed by atoms with van der Waals surface area (Å²) in [5.41, 5.74) is 0.779. The average molecular weight is 263 g/mol. The maximum absolute atomic E-state index is 11.8. The number of phenolic OH excluding ortho intramolecular Hbond substituents is 1. The van der Waals surface area contributed by atoms with Crippen LogP contribution in [0.25, 0.3) is 0 Å². The molecule has 1 fully saturated rings. The zero-order valence-corrected chi connectivity index (χ0v) is 11.0. The predicted molar refractivity (Wildman–Crippen MR) is 72.8 cm³/mol. The van der Waals surface area contributed by atoms with Crippen LogP contribution in [0, 0.1) is 0 Å². The van der Waals surface area contributed by atoms with Crippen molar-refractivity contribution in [3.05, 3.63) is 29.8 Å². The summed E-state index contributed by atoms with van der Waals surface area (Å²) in [6.07, 6.45) is 4.14. The van der Waals surface area contributed by atoms with Crippen LogP contribution in [0.1, 0.15) is 37.7 Å². The lowest BCUT2D eigenvalue weighted by atomic mass is 9.92. The molecule has 0 radical (unpaired) electrons. The predicted octanol–water partition coefficient (Wildman–Crippen LogP) is 1.74. The number of rotatable bonds is 4. The summed E-state index contributed by atoms with van der Waals surface area (Å²) in [6.45, 7) is 0. The minimum atomic E-state index is -0.414. The molecule has 0 aliphatic heterocycles. The molecule has 2 rings (SSSR count). The molecule has 19 heavy (non-hydrogen) atoms. The highest BCUT2D eigenvalue weighted by atomic mass is 16.3. The molecule has 0 spiro atoms. The van der Waals surface area contributed by atoms with E-state index < -0.39 is 6.10 Å². The first-order chi connectivity index (χ1) is 9.16. The largest absolute Gasteiger partial charge is 0.508 e. The molecule has 0 bridgehead atoms. The first-order valence-electron chi connectivity index (χ1n) is 6.91. The zero-order chi connectivity index (χ0) is 13.7. The number of aryl methyl sites for hydroxylation is 1. The number of hydrogen-bond donors (Lipinski definition) is 3. The molecule has 0 heterocycles. The van der Waals surface area contributed by atoms with Crippen LogP contribution in [0.15, 0.2) is 24.3 Å². The van der Waals surface area contributed by atoms with Gasteiger partial charge in [-0.2, -0.15) is 0 Å². The highest BCUT2D eigenvalue weighted by Crippen LogP contribution is 2.19. The minimum Gasteiger partial charge on any atom is -0.508 e. The maximum Gasteiger partial charge on any atom is 0.220 e. The van der Waals surface area contributed by atoms with Crippen LogP contribution in [0.2, 0.25) is 0 Å². The Morgan fingerprint density at radius 3 is 2.74 bits per heavy atom. The van der Waals surface area contributed by atoms with E-state index in [2.05, 4.69) is 5.32 Å². The number of hydrogen-bond acceptors (Lipinski definition) is 3. The third-order valence-electron chi connectivity index (χ3n) is 3.69. The molecule has 0 unspecified atom stereocenters. The summed E-state index contributed by atoms with van der Waals surface area (Å²) in [5.74, 6) is 0.169. The Balaban J connectivity index is 1.80. The van der Waals surface area contributed by atoms with Crippen molar-refractivity contribution in [3.63, 3.8) is 0 Å². The molecular weight excluding hydrogens is 242 g/mol. The molecule has 0 aromatic heterocycles. The van der Waals surface area contributed by atoms with Crippen molar-refractivity contribution in [1.82, 2.24) is 5.32 Å². The fraction of sp³-hybridized carbons (Fsp3) is 0.533. The Morgan fingerprint density at radius 1 is 1.26 bits per heavy atom. The highest BCUT2D eigenvalue weighted by Gasteiger charge is 2.24. The molecule has 0 saturated heterocycles. The van der Waals surface area contributed by atoms with Crippen LogP contribution < -0.4 is 5.32 Å². The number of aliphatic hydroxyl groups is 1. The van der Waals surface area contributed by atoms with Crippen molar-refractivity contribution in [3.8, 4) is 5.75 Å². The standard InChI is InChI=1S/C15H21NO3/c17-13-7-3-1-5-11(13)9-10-15(19)16-12-6-2-4-8-14(12)18/h1,3,5,7,12,14,17-18H,2,4,6,8-10H2,(H,16,19)/t12-,14-/m0/s1. The van der Waals surface area contributed by atoms with Gasteiger partial charge in [0.2, 0.25) is 5.91 Å². The van der Waals surface area contributed by atoms with Crippen LogP contribution >= 0.6 is 0 Å². The summed E-state index contributed by atoms with van der Waals surface area (Å²) in [5, 5.41) is 22.3. The van der Waals surface area contributed by atoms with Crippen LogP contribution in [0.5, 0.6) is 5.75 Å². The van der Waals surface area contributed by atoms with E-state index in [1.54, 1.807) is 12.1 Å². The molecule has 1 aromatic carbocycles. The number of nitrogens with one attached hydrogen (secondary N) is 1. The molecule has 4 nitrogen and oxygen atoms in total. The second-order valence-electron chi connectivity index (χ2n) is 5.15. The maximum atomic E-state index is 11.8.